The van der Waals surface area contributed by atoms with Crippen LogP contribution in [-0.4, -0.2) is 40.3 Å². The number of aryl methyl sites for hydroxylation is 1. The molecule has 2 aromatic rings. The molecule has 4 rings (SSSR count). The summed E-state index contributed by atoms with van der Waals surface area (Å²) >= 11 is 0. The number of rotatable bonds is 6. The van der Waals surface area contributed by atoms with E-state index in [9.17, 15) is 0 Å². The third-order valence-corrected chi connectivity index (χ3v) is 5.95. The number of hydrogen-bond acceptors (Lipinski definition) is 3. The van der Waals surface area contributed by atoms with Crippen molar-refractivity contribution in [3.05, 3.63) is 53.3 Å². The molecule has 134 valence electrons. The topological polar surface area (TPSA) is 44.0 Å². The van der Waals surface area contributed by atoms with Gasteiger partial charge in [0.25, 0.3) is 0 Å². The van der Waals surface area contributed by atoms with E-state index in [1.54, 1.807) is 0 Å². The van der Waals surface area contributed by atoms with Gasteiger partial charge >= 0.3 is 0 Å². The molecule has 0 bridgehead atoms. The molecule has 2 heterocycles. The molecule has 25 heavy (non-hydrogen) atoms. The van der Waals surface area contributed by atoms with Gasteiger partial charge in [-0.25, -0.2) is 0 Å². The van der Waals surface area contributed by atoms with Gasteiger partial charge in [0, 0.05) is 43.8 Å². The Morgan fingerprint density at radius 2 is 2.08 bits per heavy atom. The van der Waals surface area contributed by atoms with Gasteiger partial charge in [-0.1, -0.05) is 30.3 Å². The molecule has 1 saturated carbocycles. The van der Waals surface area contributed by atoms with Crippen LogP contribution in [0.3, 0.4) is 0 Å². The fourth-order valence-corrected chi connectivity index (χ4v) is 4.85. The first-order valence-corrected chi connectivity index (χ1v) is 9.70. The minimum absolute atomic E-state index is 0.481. The summed E-state index contributed by atoms with van der Waals surface area (Å²) < 4.78 is 0. The number of H-pyrrole nitrogens is 1. The lowest BCUT2D eigenvalue weighted by atomic mass is 9.97. The summed E-state index contributed by atoms with van der Waals surface area (Å²) in [6.45, 7) is 7.98. The number of likely N-dealkylation sites (tertiary alicyclic amines) is 1. The van der Waals surface area contributed by atoms with Crippen molar-refractivity contribution in [3.8, 4) is 0 Å². The number of nitrogens with one attached hydrogen (secondary N) is 2. The van der Waals surface area contributed by atoms with Gasteiger partial charge in [-0.05, 0) is 50.2 Å². The zero-order valence-corrected chi connectivity index (χ0v) is 15.4. The predicted molar refractivity (Wildman–Crippen MR) is 101 cm³/mol. The van der Waals surface area contributed by atoms with Crippen molar-refractivity contribution in [1.29, 1.82) is 0 Å². The van der Waals surface area contributed by atoms with Gasteiger partial charge in [0.2, 0.25) is 0 Å². The molecule has 1 aromatic carbocycles. The Morgan fingerprint density at radius 3 is 2.84 bits per heavy atom. The summed E-state index contributed by atoms with van der Waals surface area (Å²) in [7, 11) is 0. The van der Waals surface area contributed by atoms with E-state index in [1.165, 1.54) is 37.2 Å². The highest BCUT2D eigenvalue weighted by atomic mass is 15.2. The lowest BCUT2D eigenvalue weighted by Crippen LogP contribution is -2.41. The molecule has 1 aliphatic heterocycles. The van der Waals surface area contributed by atoms with Crippen molar-refractivity contribution in [3.63, 3.8) is 0 Å². The normalized spacial score (nSPS) is 27.5. The summed E-state index contributed by atoms with van der Waals surface area (Å²) in [5.74, 6) is 1.69. The van der Waals surface area contributed by atoms with E-state index in [1.807, 2.05) is 0 Å². The summed E-state index contributed by atoms with van der Waals surface area (Å²) in [6, 6.07) is 14.2. The van der Waals surface area contributed by atoms with Crippen LogP contribution < -0.4 is 5.32 Å². The minimum atomic E-state index is 0.481. The van der Waals surface area contributed by atoms with Crippen LogP contribution in [0.2, 0.25) is 0 Å². The Morgan fingerprint density at radius 1 is 1.24 bits per heavy atom. The molecule has 0 amide bonds. The zero-order chi connectivity index (χ0) is 17.2. The van der Waals surface area contributed by atoms with Crippen LogP contribution >= 0.6 is 0 Å². The van der Waals surface area contributed by atoms with E-state index in [0.717, 1.165) is 30.5 Å². The number of benzene rings is 1. The maximum Gasteiger partial charge on any atom is 0.0640 e. The Balaban J connectivity index is 1.30. The summed E-state index contributed by atoms with van der Waals surface area (Å²) in [5, 5.41) is 11.3. The van der Waals surface area contributed by atoms with Gasteiger partial charge in [-0.2, -0.15) is 5.10 Å². The second-order valence-corrected chi connectivity index (χ2v) is 8.10. The monoisotopic (exact) mass is 338 g/mol. The smallest absolute Gasteiger partial charge is 0.0640 e. The standard InChI is InChI=1S/C21H30N4/c1-15(10-19-11-16(2)23-24-19)22-21-9-8-18-13-25(14-20(18)21)12-17-6-4-3-5-7-17/h3-7,11,15,18,20-22H,8-10,12-14H2,1-2H3,(H,23,24)/t15-,18-,20+,21+/m0/s1. The van der Waals surface area contributed by atoms with Crippen molar-refractivity contribution in [2.24, 2.45) is 11.8 Å². The quantitative estimate of drug-likeness (QED) is 0.850. The first-order chi connectivity index (χ1) is 12.2. The number of fused-ring (bicyclic) bond motifs is 1. The molecule has 0 spiro atoms. The van der Waals surface area contributed by atoms with Crippen LogP contribution in [0.5, 0.6) is 0 Å². The van der Waals surface area contributed by atoms with Crippen LogP contribution in [0.1, 0.15) is 36.7 Å². The Labute approximate surface area is 151 Å². The highest BCUT2D eigenvalue weighted by Crippen LogP contribution is 2.38. The zero-order valence-electron chi connectivity index (χ0n) is 15.4. The lowest BCUT2D eigenvalue weighted by Gasteiger charge is -2.25. The van der Waals surface area contributed by atoms with Crippen LogP contribution in [0, 0.1) is 18.8 Å². The molecule has 1 aliphatic carbocycles. The molecule has 4 nitrogen and oxygen atoms in total. The Kier molecular flexibility index (Phi) is 4.91. The van der Waals surface area contributed by atoms with Gasteiger partial charge in [-0.15, -0.1) is 0 Å². The molecule has 1 aromatic heterocycles. The van der Waals surface area contributed by atoms with E-state index in [2.05, 4.69) is 70.7 Å². The van der Waals surface area contributed by atoms with Gasteiger partial charge < -0.3 is 5.32 Å². The summed E-state index contributed by atoms with van der Waals surface area (Å²) in [6.07, 6.45) is 3.71. The van der Waals surface area contributed by atoms with Crippen molar-refractivity contribution in [2.75, 3.05) is 13.1 Å². The van der Waals surface area contributed by atoms with E-state index in [-0.39, 0.29) is 0 Å². The van der Waals surface area contributed by atoms with Crippen molar-refractivity contribution in [1.82, 2.24) is 20.4 Å². The van der Waals surface area contributed by atoms with E-state index >= 15 is 0 Å². The van der Waals surface area contributed by atoms with E-state index < -0.39 is 0 Å². The third-order valence-electron chi connectivity index (χ3n) is 5.95. The molecule has 2 N–H and O–H groups in total. The largest absolute Gasteiger partial charge is 0.311 e. The molecule has 4 heteroatoms. The maximum atomic E-state index is 4.38. The number of nitrogens with zero attached hydrogens (tertiary/aromatic N) is 2. The van der Waals surface area contributed by atoms with Gasteiger partial charge in [0.15, 0.2) is 0 Å². The molecule has 2 fully saturated rings. The molecule has 0 radical (unpaired) electrons. The second kappa shape index (κ2) is 7.30. The highest BCUT2D eigenvalue weighted by Gasteiger charge is 2.42. The average molecular weight is 338 g/mol. The molecule has 2 aliphatic rings. The highest BCUT2D eigenvalue weighted by molar-refractivity contribution is 5.15. The molecule has 0 unspecified atom stereocenters. The fourth-order valence-electron chi connectivity index (χ4n) is 4.85. The van der Waals surface area contributed by atoms with Crippen LogP contribution in [0.4, 0.5) is 0 Å². The van der Waals surface area contributed by atoms with E-state index in [4.69, 9.17) is 0 Å². The minimum Gasteiger partial charge on any atom is -0.311 e. The van der Waals surface area contributed by atoms with E-state index in [0.29, 0.717) is 12.1 Å². The molecule has 1 saturated heterocycles. The Bertz CT molecular complexity index is 680. The van der Waals surface area contributed by atoms with Crippen molar-refractivity contribution < 1.29 is 0 Å². The Hall–Kier alpha value is -1.65. The molecule has 4 atom stereocenters. The van der Waals surface area contributed by atoms with Crippen LogP contribution in [0.25, 0.3) is 0 Å². The average Bonchev–Trinajstić information content (AvgIpc) is 3.27. The van der Waals surface area contributed by atoms with Crippen LogP contribution in [-0.2, 0) is 13.0 Å². The predicted octanol–water partition coefficient (Wildman–Crippen LogP) is 3.15. The number of aromatic amines is 1. The SMILES string of the molecule is Cc1cc(C[C@H](C)N[C@@H]2CC[C@H]3CN(Cc4ccccc4)C[C@H]32)n[nH]1. The maximum absolute atomic E-state index is 4.38. The fraction of sp³-hybridized carbons (Fsp3) is 0.571. The van der Waals surface area contributed by atoms with Crippen LogP contribution in [0.15, 0.2) is 36.4 Å². The first-order valence-electron chi connectivity index (χ1n) is 9.70. The molecular weight excluding hydrogens is 308 g/mol. The number of aromatic nitrogens is 2. The first kappa shape index (κ1) is 16.8. The summed E-state index contributed by atoms with van der Waals surface area (Å²) in [4.78, 5) is 2.65. The summed E-state index contributed by atoms with van der Waals surface area (Å²) in [5.41, 5.74) is 3.76. The number of hydrogen-bond donors (Lipinski definition) is 2. The van der Waals surface area contributed by atoms with Gasteiger partial charge in [0.05, 0.1) is 5.69 Å². The third kappa shape index (κ3) is 3.96. The second-order valence-electron chi connectivity index (χ2n) is 8.10. The van der Waals surface area contributed by atoms with Gasteiger partial charge in [-0.3, -0.25) is 10.00 Å². The van der Waals surface area contributed by atoms with Gasteiger partial charge in [0.1, 0.15) is 0 Å². The lowest BCUT2D eigenvalue weighted by molar-refractivity contribution is 0.282. The molecular formula is C21H30N4. The van der Waals surface area contributed by atoms with Crippen molar-refractivity contribution >= 4 is 0 Å². The van der Waals surface area contributed by atoms with Crippen molar-refractivity contribution in [2.45, 2.75) is 51.7 Å².